The minimum atomic E-state index is 0.0821. The minimum absolute atomic E-state index is 0.0821. The summed E-state index contributed by atoms with van der Waals surface area (Å²) in [6.07, 6.45) is 7.77. The molecule has 3 heterocycles. The van der Waals surface area contributed by atoms with Crippen molar-refractivity contribution in [3.05, 3.63) is 16.6 Å². The number of hydrogen-bond acceptors (Lipinski definition) is 5. The van der Waals surface area contributed by atoms with Crippen molar-refractivity contribution in [3.63, 3.8) is 0 Å². The number of nitrogens with one attached hydrogen (secondary N) is 1. The van der Waals surface area contributed by atoms with Gasteiger partial charge in [0.2, 0.25) is 0 Å². The van der Waals surface area contributed by atoms with E-state index in [1.807, 2.05) is 16.5 Å². The Bertz CT molecular complexity index is 580. The van der Waals surface area contributed by atoms with Crippen LogP contribution in [-0.2, 0) is 11.3 Å². The van der Waals surface area contributed by atoms with Crippen LogP contribution < -0.4 is 5.32 Å². The second-order valence-electron chi connectivity index (χ2n) is 7.73. The van der Waals surface area contributed by atoms with E-state index in [-0.39, 0.29) is 12.1 Å². The van der Waals surface area contributed by atoms with E-state index in [1.165, 1.54) is 11.4 Å². The van der Waals surface area contributed by atoms with E-state index in [0.29, 0.717) is 18.0 Å². The number of ether oxygens (including phenoxy) is 1. The lowest BCUT2D eigenvalue weighted by Gasteiger charge is -2.34. The number of carbonyl (C=O) groups is 1. The number of amides is 2. The number of piperidine rings is 1. The highest BCUT2D eigenvalue weighted by atomic mass is 32.1. The molecule has 1 aliphatic carbocycles. The van der Waals surface area contributed by atoms with Gasteiger partial charge in [-0.1, -0.05) is 0 Å². The summed E-state index contributed by atoms with van der Waals surface area (Å²) in [4.78, 5) is 21.2. The van der Waals surface area contributed by atoms with Crippen LogP contribution in [-0.4, -0.2) is 66.2 Å². The SMILES string of the molecule is CN(Cc1nccs1)[C@@H]1CC12CCN(C(=O)NC[C@@H]1CCCO1)CC2. The fourth-order valence-electron chi connectivity index (χ4n) is 4.41. The molecule has 0 bridgehead atoms. The van der Waals surface area contributed by atoms with Crippen LogP contribution in [0.15, 0.2) is 11.6 Å². The van der Waals surface area contributed by atoms with Crippen molar-refractivity contribution in [2.75, 3.05) is 33.3 Å². The van der Waals surface area contributed by atoms with Gasteiger partial charge in [0.05, 0.1) is 12.6 Å². The molecule has 1 spiro atoms. The molecule has 2 aliphatic heterocycles. The summed E-state index contributed by atoms with van der Waals surface area (Å²) in [5.41, 5.74) is 0.428. The smallest absolute Gasteiger partial charge is 0.317 e. The largest absolute Gasteiger partial charge is 0.376 e. The van der Waals surface area contributed by atoms with E-state index in [1.54, 1.807) is 11.3 Å². The first-order valence-corrected chi connectivity index (χ1v) is 10.3. The number of carbonyl (C=O) groups excluding carboxylic acids is 1. The Morgan fingerprint density at radius 1 is 1.52 bits per heavy atom. The summed E-state index contributed by atoms with van der Waals surface area (Å²) in [6.45, 7) is 4.18. The molecular weight excluding hydrogens is 336 g/mol. The second-order valence-corrected chi connectivity index (χ2v) is 8.71. The average Bonchev–Trinajstić information content (AvgIpc) is 3.04. The topological polar surface area (TPSA) is 57.7 Å². The number of thiazole rings is 1. The van der Waals surface area contributed by atoms with Crippen LogP contribution in [0.2, 0.25) is 0 Å². The van der Waals surface area contributed by atoms with Crippen molar-refractivity contribution in [1.29, 1.82) is 0 Å². The molecule has 7 heteroatoms. The molecule has 1 saturated carbocycles. The maximum absolute atomic E-state index is 12.4. The monoisotopic (exact) mass is 364 g/mol. The van der Waals surface area contributed by atoms with Gasteiger partial charge in [-0.25, -0.2) is 9.78 Å². The van der Waals surface area contributed by atoms with Crippen LogP contribution in [0.5, 0.6) is 0 Å². The van der Waals surface area contributed by atoms with E-state index < -0.39 is 0 Å². The summed E-state index contributed by atoms with van der Waals surface area (Å²) in [7, 11) is 2.21. The van der Waals surface area contributed by atoms with Crippen molar-refractivity contribution >= 4 is 17.4 Å². The zero-order valence-corrected chi connectivity index (χ0v) is 15.8. The highest BCUT2D eigenvalue weighted by molar-refractivity contribution is 7.09. The molecule has 1 N–H and O–H groups in total. The molecule has 0 radical (unpaired) electrons. The summed E-state index contributed by atoms with van der Waals surface area (Å²) >= 11 is 1.73. The first-order chi connectivity index (χ1) is 12.2. The maximum Gasteiger partial charge on any atom is 0.317 e. The van der Waals surface area contributed by atoms with Crippen LogP contribution in [0, 0.1) is 5.41 Å². The molecule has 6 nitrogen and oxygen atoms in total. The Balaban J connectivity index is 1.21. The Kier molecular flexibility index (Phi) is 4.97. The minimum Gasteiger partial charge on any atom is -0.376 e. The lowest BCUT2D eigenvalue weighted by molar-refractivity contribution is 0.105. The van der Waals surface area contributed by atoms with Crippen molar-refractivity contribution < 1.29 is 9.53 Å². The molecule has 2 amide bonds. The third kappa shape index (κ3) is 3.83. The Morgan fingerprint density at radius 2 is 2.36 bits per heavy atom. The van der Waals surface area contributed by atoms with E-state index in [2.05, 4.69) is 22.2 Å². The molecular formula is C18H28N4O2S. The highest BCUT2D eigenvalue weighted by Crippen LogP contribution is 2.56. The zero-order valence-electron chi connectivity index (χ0n) is 14.9. The number of rotatable bonds is 5. The fraction of sp³-hybridized carbons (Fsp3) is 0.778. The van der Waals surface area contributed by atoms with E-state index in [9.17, 15) is 4.79 Å². The van der Waals surface area contributed by atoms with Crippen LogP contribution in [0.1, 0.15) is 37.1 Å². The van der Waals surface area contributed by atoms with Crippen LogP contribution in [0.3, 0.4) is 0 Å². The fourth-order valence-corrected chi connectivity index (χ4v) is 5.09. The third-order valence-corrected chi connectivity index (χ3v) is 6.86. The van der Waals surface area contributed by atoms with Gasteiger partial charge in [0.15, 0.2) is 0 Å². The molecule has 3 aliphatic rings. The second kappa shape index (κ2) is 7.21. The van der Waals surface area contributed by atoms with Gasteiger partial charge in [-0.15, -0.1) is 11.3 Å². The quantitative estimate of drug-likeness (QED) is 0.871. The number of nitrogens with zero attached hydrogens (tertiary/aromatic N) is 3. The molecule has 1 aromatic rings. The summed E-state index contributed by atoms with van der Waals surface area (Å²) < 4.78 is 5.57. The molecule has 3 fully saturated rings. The van der Waals surface area contributed by atoms with Crippen molar-refractivity contribution in [1.82, 2.24) is 20.1 Å². The van der Waals surface area contributed by atoms with Gasteiger partial charge in [-0.3, -0.25) is 4.90 Å². The van der Waals surface area contributed by atoms with Gasteiger partial charge in [-0.05, 0) is 44.6 Å². The molecule has 2 atom stereocenters. The molecule has 4 rings (SSSR count). The molecule has 0 aromatic carbocycles. The van der Waals surface area contributed by atoms with Crippen LogP contribution in [0.4, 0.5) is 4.79 Å². The lowest BCUT2D eigenvalue weighted by Crippen LogP contribution is -2.47. The van der Waals surface area contributed by atoms with Crippen molar-refractivity contribution in [3.8, 4) is 0 Å². The first-order valence-electron chi connectivity index (χ1n) is 9.39. The van der Waals surface area contributed by atoms with Gasteiger partial charge in [0.1, 0.15) is 5.01 Å². The van der Waals surface area contributed by atoms with E-state index in [4.69, 9.17) is 4.74 Å². The third-order valence-electron chi connectivity index (χ3n) is 6.10. The summed E-state index contributed by atoms with van der Waals surface area (Å²) in [5, 5.41) is 6.28. The van der Waals surface area contributed by atoms with Gasteiger partial charge in [-0.2, -0.15) is 0 Å². The van der Waals surface area contributed by atoms with Crippen molar-refractivity contribution in [2.45, 2.75) is 50.8 Å². The number of likely N-dealkylation sites (tertiary alicyclic amines) is 1. The van der Waals surface area contributed by atoms with Crippen LogP contribution >= 0.6 is 11.3 Å². The van der Waals surface area contributed by atoms with E-state index in [0.717, 1.165) is 51.9 Å². The Hall–Kier alpha value is -1.18. The molecule has 138 valence electrons. The maximum atomic E-state index is 12.4. The highest BCUT2D eigenvalue weighted by Gasteiger charge is 2.56. The average molecular weight is 365 g/mol. The standard InChI is InChI=1S/C18H28N4O2S/c1-21(13-16-19-6-10-25-16)15-11-18(15)4-7-22(8-5-18)17(23)20-12-14-3-2-9-24-14/h6,10,14-15H,2-5,7-9,11-13H2,1H3,(H,20,23)/t14-,15+/m0/s1. The predicted octanol–water partition coefficient (Wildman–Crippen LogP) is 2.32. The Morgan fingerprint density at radius 3 is 3.04 bits per heavy atom. The molecule has 25 heavy (non-hydrogen) atoms. The van der Waals surface area contributed by atoms with Gasteiger partial charge in [0.25, 0.3) is 0 Å². The molecule has 0 unspecified atom stereocenters. The number of aromatic nitrogens is 1. The Labute approximate surface area is 153 Å². The van der Waals surface area contributed by atoms with Crippen molar-refractivity contribution in [2.24, 2.45) is 5.41 Å². The predicted molar refractivity (Wildman–Crippen MR) is 97.6 cm³/mol. The summed E-state index contributed by atoms with van der Waals surface area (Å²) in [6, 6.07) is 0.729. The molecule has 2 saturated heterocycles. The number of urea groups is 1. The van der Waals surface area contributed by atoms with E-state index >= 15 is 0 Å². The number of hydrogen-bond donors (Lipinski definition) is 1. The zero-order chi connectivity index (χ0) is 17.3. The molecule has 1 aromatic heterocycles. The van der Waals surface area contributed by atoms with Gasteiger partial charge < -0.3 is 15.0 Å². The normalized spacial score (nSPS) is 27.8. The lowest BCUT2D eigenvalue weighted by atomic mass is 9.92. The van der Waals surface area contributed by atoms with Gasteiger partial charge >= 0.3 is 6.03 Å². The summed E-state index contributed by atoms with van der Waals surface area (Å²) in [5.74, 6) is 0. The van der Waals surface area contributed by atoms with Crippen LogP contribution in [0.25, 0.3) is 0 Å². The van der Waals surface area contributed by atoms with Gasteiger partial charge in [0, 0.05) is 43.9 Å². The first kappa shape index (κ1) is 17.2.